The van der Waals surface area contributed by atoms with E-state index in [0.717, 1.165) is 0 Å². The highest BCUT2D eigenvalue weighted by Crippen LogP contribution is 2.16. The first kappa shape index (κ1) is 13.8. The highest BCUT2D eigenvalue weighted by molar-refractivity contribution is 5.89. The number of amides is 2. The van der Waals surface area contributed by atoms with Crippen molar-refractivity contribution < 1.29 is 27.5 Å². The lowest BCUT2D eigenvalue weighted by Gasteiger charge is -2.17. The van der Waals surface area contributed by atoms with E-state index >= 15 is 0 Å². The van der Waals surface area contributed by atoms with Gasteiger partial charge in [0, 0.05) is 7.11 Å². The molecule has 1 unspecified atom stereocenters. The van der Waals surface area contributed by atoms with Crippen molar-refractivity contribution in [1.82, 2.24) is 10.6 Å². The maximum Gasteiger partial charge on any atom is 0.471 e. The molecule has 2 atom stereocenters. The number of alkyl halides is 3. The summed E-state index contributed by atoms with van der Waals surface area (Å²) in [7, 11) is 1.39. The summed E-state index contributed by atoms with van der Waals surface area (Å²) in [4.78, 5) is 22.2. The van der Waals surface area contributed by atoms with Gasteiger partial charge in [-0.3, -0.25) is 9.59 Å². The molecule has 2 N–H and O–H groups in total. The third-order valence-corrected chi connectivity index (χ3v) is 2.43. The molecule has 1 saturated heterocycles. The first-order chi connectivity index (χ1) is 7.84. The maximum atomic E-state index is 12.0. The fraction of sp³-hybridized carbons (Fsp3) is 0.778. The zero-order chi connectivity index (χ0) is 13.1. The molecule has 0 aliphatic carbocycles. The van der Waals surface area contributed by atoms with Crippen molar-refractivity contribution in [3.05, 3.63) is 0 Å². The number of hydrogen-bond donors (Lipinski definition) is 2. The van der Waals surface area contributed by atoms with E-state index in [2.05, 4.69) is 5.32 Å². The molecule has 0 aromatic carbocycles. The second-order valence-corrected chi connectivity index (χ2v) is 3.69. The van der Waals surface area contributed by atoms with Crippen molar-refractivity contribution in [2.24, 2.45) is 0 Å². The lowest BCUT2D eigenvalue weighted by molar-refractivity contribution is -0.174. The van der Waals surface area contributed by atoms with Gasteiger partial charge in [0.05, 0.1) is 0 Å². The molecular formula is C9H13F3N2O3. The quantitative estimate of drug-likeness (QED) is 0.745. The number of carbonyl (C=O) groups is 2. The fourth-order valence-corrected chi connectivity index (χ4v) is 1.52. The first-order valence-corrected chi connectivity index (χ1v) is 5.05. The summed E-state index contributed by atoms with van der Waals surface area (Å²) in [6.07, 6.45) is -4.35. The van der Waals surface area contributed by atoms with Crippen molar-refractivity contribution in [3.8, 4) is 0 Å². The Balaban J connectivity index is 2.60. The molecule has 5 nitrogen and oxygen atoms in total. The highest BCUT2D eigenvalue weighted by atomic mass is 19.4. The number of hydrogen-bond acceptors (Lipinski definition) is 3. The smallest absolute Gasteiger partial charge is 0.362 e. The molecule has 98 valence electrons. The average molecular weight is 254 g/mol. The zero-order valence-corrected chi connectivity index (χ0v) is 9.13. The molecule has 8 heteroatoms. The highest BCUT2D eigenvalue weighted by Gasteiger charge is 2.41. The van der Waals surface area contributed by atoms with Gasteiger partial charge in [-0.25, -0.2) is 0 Å². The molecule has 1 fully saturated rings. The molecular weight excluding hydrogens is 241 g/mol. The van der Waals surface area contributed by atoms with Crippen molar-refractivity contribution >= 4 is 11.8 Å². The van der Waals surface area contributed by atoms with Crippen LogP contribution in [0.25, 0.3) is 0 Å². The van der Waals surface area contributed by atoms with Crippen molar-refractivity contribution in [3.63, 3.8) is 0 Å². The molecule has 0 radical (unpaired) electrons. The Hall–Kier alpha value is -1.31. The Morgan fingerprint density at radius 1 is 1.47 bits per heavy atom. The number of ether oxygens (including phenoxy) is 1. The normalized spacial score (nSPS) is 26.0. The molecule has 0 aromatic rings. The fourth-order valence-electron chi connectivity index (χ4n) is 1.52. The molecule has 1 heterocycles. The molecule has 1 rings (SSSR count). The van der Waals surface area contributed by atoms with Crippen LogP contribution in [0.4, 0.5) is 13.2 Å². The lowest BCUT2D eigenvalue weighted by atomic mass is 10.1. The summed E-state index contributed by atoms with van der Waals surface area (Å²) in [5, 5.41) is 4.05. The third-order valence-electron chi connectivity index (χ3n) is 2.43. The van der Waals surface area contributed by atoms with Gasteiger partial charge in [-0.1, -0.05) is 0 Å². The van der Waals surface area contributed by atoms with E-state index in [1.807, 2.05) is 0 Å². The number of halogens is 3. The molecule has 0 bridgehead atoms. The molecule has 0 saturated carbocycles. The van der Waals surface area contributed by atoms with E-state index in [9.17, 15) is 22.8 Å². The molecule has 0 aromatic heterocycles. The van der Waals surface area contributed by atoms with Gasteiger partial charge in [0.15, 0.2) is 0 Å². The predicted molar refractivity (Wildman–Crippen MR) is 50.8 cm³/mol. The van der Waals surface area contributed by atoms with Crippen LogP contribution in [0.5, 0.6) is 0 Å². The molecule has 1 aliphatic rings. The predicted octanol–water partition coefficient (Wildman–Crippen LogP) is 0.306. The average Bonchev–Trinajstić information content (AvgIpc) is 2.40. The number of carbonyl (C=O) groups excluding carboxylic acids is 2. The summed E-state index contributed by atoms with van der Waals surface area (Å²) < 4.78 is 40.9. The van der Waals surface area contributed by atoms with Crippen LogP contribution >= 0.6 is 0 Å². The molecule has 17 heavy (non-hydrogen) atoms. The second kappa shape index (κ2) is 5.35. The van der Waals surface area contributed by atoms with Gasteiger partial charge in [0.25, 0.3) is 0 Å². The first-order valence-electron chi connectivity index (χ1n) is 5.05. The molecule has 1 aliphatic heterocycles. The minimum atomic E-state index is -4.98. The monoisotopic (exact) mass is 254 g/mol. The summed E-state index contributed by atoms with van der Waals surface area (Å²) in [6, 6.07) is -1.16. The van der Waals surface area contributed by atoms with Crippen molar-refractivity contribution in [2.45, 2.75) is 37.7 Å². The SMILES string of the molecule is COC1CCC[C@H](NC(=O)C(F)(F)F)C(=O)N1. The van der Waals surface area contributed by atoms with Gasteiger partial charge >= 0.3 is 12.1 Å². The summed E-state index contributed by atoms with van der Waals surface area (Å²) >= 11 is 0. The number of rotatable bonds is 2. The Bertz CT molecular complexity index is 306. The Kier molecular flexibility index (Phi) is 4.33. The number of nitrogens with one attached hydrogen (secondary N) is 2. The van der Waals surface area contributed by atoms with E-state index in [4.69, 9.17) is 4.74 Å². The van der Waals surface area contributed by atoms with Crippen LogP contribution in [0.2, 0.25) is 0 Å². The van der Waals surface area contributed by atoms with Gasteiger partial charge in [0.1, 0.15) is 12.3 Å². The standard InChI is InChI=1S/C9H13F3N2O3/c1-17-6-4-2-3-5(7(15)14-6)13-8(16)9(10,11)12/h5-6H,2-4H2,1H3,(H,13,16)(H,14,15)/t5-,6?/m0/s1. The van der Waals surface area contributed by atoms with E-state index < -0.39 is 30.3 Å². The van der Waals surface area contributed by atoms with Crippen LogP contribution in [0.1, 0.15) is 19.3 Å². The van der Waals surface area contributed by atoms with E-state index in [1.165, 1.54) is 7.11 Å². The van der Waals surface area contributed by atoms with E-state index in [1.54, 1.807) is 5.32 Å². The third kappa shape index (κ3) is 3.88. The minimum Gasteiger partial charge on any atom is -0.362 e. The maximum absolute atomic E-state index is 12.0. The van der Waals surface area contributed by atoms with E-state index in [0.29, 0.717) is 12.8 Å². The second-order valence-electron chi connectivity index (χ2n) is 3.69. The van der Waals surface area contributed by atoms with E-state index in [-0.39, 0.29) is 6.42 Å². The lowest BCUT2D eigenvalue weighted by Crippen LogP contribution is -2.51. The largest absolute Gasteiger partial charge is 0.471 e. The van der Waals surface area contributed by atoms with Crippen LogP contribution in [0.15, 0.2) is 0 Å². The van der Waals surface area contributed by atoms with Crippen LogP contribution in [-0.4, -0.2) is 37.4 Å². The van der Waals surface area contributed by atoms with Gasteiger partial charge in [-0.15, -0.1) is 0 Å². The topological polar surface area (TPSA) is 67.4 Å². The molecule has 2 amide bonds. The summed E-state index contributed by atoms with van der Waals surface area (Å²) in [5.41, 5.74) is 0. The Morgan fingerprint density at radius 2 is 2.12 bits per heavy atom. The van der Waals surface area contributed by atoms with Crippen LogP contribution in [-0.2, 0) is 14.3 Å². The number of methoxy groups -OCH3 is 1. The zero-order valence-electron chi connectivity index (χ0n) is 9.13. The van der Waals surface area contributed by atoms with Gasteiger partial charge in [-0.2, -0.15) is 13.2 Å². The van der Waals surface area contributed by atoms with Crippen molar-refractivity contribution in [2.75, 3.05) is 7.11 Å². The summed E-state index contributed by atoms with van der Waals surface area (Å²) in [6.45, 7) is 0. The minimum absolute atomic E-state index is 0.160. The molecule has 0 spiro atoms. The summed E-state index contributed by atoms with van der Waals surface area (Å²) in [5.74, 6) is -2.76. The van der Waals surface area contributed by atoms with Crippen LogP contribution < -0.4 is 10.6 Å². The van der Waals surface area contributed by atoms with Gasteiger partial charge < -0.3 is 15.4 Å². The van der Waals surface area contributed by atoms with Crippen molar-refractivity contribution in [1.29, 1.82) is 0 Å². The van der Waals surface area contributed by atoms with Gasteiger partial charge in [-0.05, 0) is 19.3 Å². The van der Waals surface area contributed by atoms with Gasteiger partial charge in [0.2, 0.25) is 5.91 Å². The van der Waals surface area contributed by atoms with Crippen LogP contribution in [0.3, 0.4) is 0 Å². The Labute approximate surface area is 95.7 Å². The van der Waals surface area contributed by atoms with Crippen LogP contribution in [0, 0.1) is 0 Å². The Morgan fingerprint density at radius 3 is 2.65 bits per heavy atom.